The second-order valence-electron chi connectivity index (χ2n) is 4.30. The number of hydrogen-bond acceptors (Lipinski definition) is 5. The SMILES string of the molecule is CC1c2nn(C)nc2-c2ccnc(N)c2N1C. The van der Waals surface area contributed by atoms with Gasteiger partial charge in [-0.25, -0.2) is 4.98 Å². The number of nitrogens with two attached hydrogens (primary N) is 1. The average molecular weight is 230 g/mol. The normalized spacial score (nSPS) is 17.8. The molecule has 1 unspecified atom stereocenters. The maximum atomic E-state index is 5.95. The standard InChI is InChI=1S/C11H14N6/c1-6-8-9(15-17(3)14-8)7-4-5-13-11(12)10(7)16(6)2/h4-6H,1-3H3,(H2,12,13). The zero-order chi connectivity index (χ0) is 12.2. The Balaban J connectivity index is 2.35. The molecular weight excluding hydrogens is 216 g/mol. The number of aryl methyl sites for hydroxylation is 1. The van der Waals surface area contributed by atoms with Crippen LogP contribution in [0, 0.1) is 0 Å². The summed E-state index contributed by atoms with van der Waals surface area (Å²) in [6.45, 7) is 2.09. The van der Waals surface area contributed by atoms with Crippen LogP contribution in [0.3, 0.4) is 0 Å². The van der Waals surface area contributed by atoms with Crippen LogP contribution in [0.2, 0.25) is 0 Å². The van der Waals surface area contributed by atoms with E-state index < -0.39 is 0 Å². The fraction of sp³-hybridized carbons (Fsp3) is 0.364. The molecule has 17 heavy (non-hydrogen) atoms. The fourth-order valence-electron chi connectivity index (χ4n) is 2.30. The van der Waals surface area contributed by atoms with Crippen molar-refractivity contribution in [1.29, 1.82) is 0 Å². The van der Waals surface area contributed by atoms with Gasteiger partial charge in [0.15, 0.2) is 0 Å². The molecule has 0 amide bonds. The topological polar surface area (TPSA) is 72.9 Å². The molecule has 1 aliphatic rings. The van der Waals surface area contributed by atoms with Gasteiger partial charge in [0.2, 0.25) is 0 Å². The highest BCUT2D eigenvalue weighted by molar-refractivity contribution is 5.87. The van der Waals surface area contributed by atoms with Gasteiger partial charge in [0.25, 0.3) is 0 Å². The minimum Gasteiger partial charge on any atom is -0.382 e. The summed E-state index contributed by atoms with van der Waals surface area (Å²) in [7, 11) is 3.83. The highest BCUT2D eigenvalue weighted by Gasteiger charge is 2.31. The maximum absolute atomic E-state index is 5.95. The van der Waals surface area contributed by atoms with Gasteiger partial charge in [-0.2, -0.15) is 15.0 Å². The van der Waals surface area contributed by atoms with E-state index in [1.165, 1.54) is 0 Å². The number of aromatic nitrogens is 4. The minimum absolute atomic E-state index is 0.151. The van der Waals surface area contributed by atoms with Crippen molar-refractivity contribution in [3.63, 3.8) is 0 Å². The number of rotatable bonds is 0. The molecule has 0 aliphatic carbocycles. The molecule has 6 nitrogen and oxygen atoms in total. The van der Waals surface area contributed by atoms with Gasteiger partial charge in [0.05, 0.1) is 11.7 Å². The monoisotopic (exact) mass is 230 g/mol. The summed E-state index contributed by atoms with van der Waals surface area (Å²) in [6.07, 6.45) is 1.70. The molecule has 0 bridgehead atoms. The van der Waals surface area contributed by atoms with Crippen molar-refractivity contribution in [2.24, 2.45) is 7.05 Å². The van der Waals surface area contributed by atoms with Crippen LogP contribution in [0.15, 0.2) is 12.3 Å². The van der Waals surface area contributed by atoms with Gasteiger partial charge in [0, 0.05) is 25.9 Å². The van der Waals surface area contributed by atoms with Crippen LogP contribution >= 0.6 is 0 Å². The first-order valence-corrected chi connectivity index (χ1v) is 5.48. The van der Waals surface area contributed by atoms with E-state index in [0.717, 1.165) is 22.6 Å². The summed E-state index contributed by atoms with van der Waals surface area (Å²) in [5.41, 5.74) is 9.77. The number of fused-ring (bicyclic) bond motifs is 3. The summed E-state index contributed by atoms with van der Waals surface area (Å²) in [5.74, 6) is 0.535. The van der Waals surface area contributed by atoms with Gasteiger partial charge in [0.1, 0.15) is 17.2 Å². The van der Waals surface area contributed by atoms with Crippen molar-refractivity contribution < 1.29 is 0 Å². The summed E-state index contributed by atoms with van der Waals surface area (Å²) in [5, 5.41) is 8.83. The van der Waals surface area contributed by atoms with Gasteiger partial charge in [-0.05, 0) is 13.0 Å². The molecule has 0 spiro atoms. The zero-order valence-corrected chi connectivity index (χ0v) is 10.0. The first-order chi connectivity index (χ1) is 8.09. The maximum Gasteiger partial charge on any atom is 0.147 e. The lowest BCUT2D eigenvalue weighted by molar-refractivity contribution is 0.625. The second-order valence-corrected chi connectivity index (χ2v) is 4.30. The molecule has 3 rings (SSSR count). The number of anilines is 2. The van der Waals surface area contributed by atoms with Crippen molar-refractivity contribution in [2.75, 3.05) is 17.7 Å². The Kier molecular flexibility index (Phi) is 1.89. The van der Waals surface area contributed by atoms with Crippen molar-refractivity contribution in [3.05, 3.63) is 18.0 Å². The quantitative estimate of drug-likeness (QED) is 0.730. The van der Waals surface area contributed by atoms with Crippen LogP contribution in [0.4, 0.5) is 11.5 Å². The fourth-order valence-corrected chi connectivity index (χ4v) is 2.30. The molecule has 0 aromatic carbocycles. The van der Waals surface area contributed by atoms with Gasteiger partial charge in [-0.3, -0.25) is 0 Å². The van der Waals surface area contributed by atoms with Crippen molar-refractivity contribution in [1.82, 2.24) is 20.0 Å². The first kappa shape index (κ1) is 10.1. The predicted octanol–water partition coefficient (Wildman–Crippen LogP) is 0.970. The van der Waals surface area contributed by atoms with E-state index in [2.05, 4.69) is 27.0 Å². The smallest absolute Gasteiger partial charge is 0.147 e. The van der Waals surface area contributed by atoms with E-state index >= 15 is 0 Å². The van der Waals surface area contributed by atoms with Gasteiger partial charge >= 0.3 is 0 Å². The summed E-state index contributed by atoms with van der Waals surface area (Å²) in [6, 6.07) is 2.08. The van der Waals surface area contributed by atoms with Crippen LogP contribution in [0.5, 0.6) is 0 Å². The van der Waals surface area contributed by atoms with Crippen LogP contribution in [0.25, 0.3) is 11.3 Å². The minimum atomic E-state index is 0.151. The summed E-state index contributed by atoms with van der Waals surface area (Å²) < 4.78 is 0. The zero-order valence-electron chi connectivity index (χ0n) is 10.0. The molecule has 0 fully saturated rings. The van der Waals surface area contributed by atoms with E-state index in [0.29, 0.717) is 5.82 Å². The van der Waals surface area contributed by atoms with E-state index in [4.69, 9.17) is 5.73 Å². The largest absolute Gasteiger partial charge is 0.382 e. The highest BCUT2D eigenvalue weighted by Crippen LogP contribution is 2.43. The second kappa shape index (κ2) is 3.19. The molecule has 6 heteroatoms. The molecule has 0 saturated heterocycles. The highest BCUT2D eigenvalue weighted by atomic mass is 15.5. The molecule has 2 aromatic heterocycles. The van der Waals surface area contributed by atoms with Gasteiger partial charge in [-0.1, -0.05) is 0 Å². The third-order valence-electron chi connectivity index (χ3n) is 3.28. The Bertz CT molecular complexity index is 588. The molecule has 2 aromatic rings. The number of nitrogen functional groups attached to an aromatic ring is 1. The Morgan fingerprint density at radius 2 is 2.06 bits per heavy atom. The number of nitrogens with zero attached hydrogens (tertiary/aromatic N) is 5. The lowest BCUT2D eigenvalue weighted by atomic mass is 9.99. The van der Waals surface area contributed by atoms with E-state index in [1.807, 2.05) is 20.2 Å². The summed E-state index contributed by atoms with van der Waals surface area (Å²) >= 11 is 0. The van der Waals surface area contributed by atoms with Crippen LogP contribution in [0.1, 0.15) is 18.7 Å². The molecule has 1 aliphatic heterocycles. The Morgan fingerprint density at radius 3 is 2.82 bits per heavy atom. The lowest BCUT2D eigenvalue weighted by Crippen LogP contribution is -2.27. The number of pyridine rings is 1. The van der Waals surface area contributed by atoms with Crippen molar-refractivity contribution in [2.45, 2.75) is 13.0 Å². The van der Waals surface area contributed by atoms with E-state index in [9.17, 15) is 0 Å². The third-order valence-corrected chi connectivity index (χ3v) is 3.28. The van der Waals surface area contributed by atoms with Crippen LogP contribution in [-0.2, 0) is 7.05 Å². The van der Waals surface area contributed by atoms with Crippen molar-refractivity contribution in [3.8, 4) is 11.3 Å². The van der Waals surface area contributed by atoms with E-state index in [1.54, 1.807) is 11.0 Å². The average Bonchev–Trinajstić information content (AvgIpc) is 2.68. The molecular formula is C11H14N6. The van der Waals surface area contributed by atoms with Crippen LogP contribution < -0.4 is 10.6 Å². The molecule has 0 saturated carbocycles. The Labute approximate surface area is 99.1 Å². The van der Waals surface area contributed by atoms with Crippen LogP contribution in [-0.4, -0.2) is 27.0 Å². The Hall–Kier alpha value is -2.11. The van der Waals surface area contributed by atoms with Gasteiger partial charge in [-0.15, -0.1) is 0 Å². The molecule has 88 valence electrons. The lowest BCUT2D eigenvalue weighted by Gasteiger charge is -2.32. The predicted molar refractivity (Wildman–Crippen MR) is 65.5 cm³/mol. The Morgan fingerprint density at radius 1 is 1.29 bits per heavy atom. The number of hydrogen-bond donors (Lipinski definition) is 1. The molecule has 1 atom stereocenters. The molecule has 2 N–H and O–H groups in total. The van der Waals surface area contributed by atoms with Crippen molar-refractivity contribution >= 4 is 11.5 Å². The van der Waals surface area contributed by atoms with E-state index in [-0.39, 0.29) is 6.04 Å². The first-order valence-electron chi connectivity index (χ1n) is 5.48. The third kappa shape index (κ3) is 1.23. The van der Waals surface area contributed by atoms with Gasteiger partial charge < -0.3 is 10.6 Å². The molecule has 3 heterocycles. The summed E-state index contributed by atoms with van der Waals surface area (Å²) in [4.78, 5) is 7.83. The molecule has 0 radical (unpaired) electrons.